The first kappa shape index (κ1) is 79.6. The second-order valence-corrected chi connectivity index (χ2v) is 26.0. The van der Waals surface area contributed by atoms with Crippen LogP contribution in [0.2, 0.25) is 0 Å². The molecule has 6 nitrogen and oxygen atoms in total. The number of allylic oxidation sites excluding steroid dienone is 1. The third-order valence-corrected chi connectivity index (χ3v) is 17.8. The first-order valence-corrected chi connectivity index (χ1v) is 37.5. The van der Waals surface area contributed by atoms with Crippen LogP contribution >= 0.6 is 0 Å². The van der Waals surface area contributed by atoms with E-state index in [0.29, 0.717) is 19.4 Å². The lowest BCUT2D eigenvalue weighted by Gasteiger charge is -2.20. The highest BCUT2D eigenvalue weighted by Crippen LogP contribution is 2.20. The molecule has 482 valence electrons. The number of carbonyl (C=O) groups is 2. The summed E-state index contributed by atoms with van der Waals surface area (Å²) in [7, 11) is 0. The Morgan fingerprint density at radius 2 is 0.568 bits per heavy atom. The normalized spacial score (nSPS) is 12.5. The van der Waals surface area contributed by atoms with Gasteiger partial charge in [0, 0.05) is 12.8 Å². The van der Waals surface area contributed by atoms with Gasteiger partial charge >= 0.3 is 5.97 Å². The lowest BCUT2D eigenvalue weighted by Crippen LogP contribution is -2.45. The predicted octanol–water partition coefficient (Wildman–Crippen LogP) is 24.3. The maximum Gasteiger partial charge on any atom is 0.305 e. The Morgan fingerprint density at radius 1 is 0.333 bits per heavy atom. The Hall–Kier alpha value is -1.40. The fourth-order valence-electron chi connectivity index (χ4n) is 12.1. The highest BCUT2D eigenvalue weighted by Gasteiger charge is 2.18. The number of rotatable bonds is 71. The van der Waals surface area contributed by atoms with E-state index in [1.807, 2.05) is 6.08 Å². The van der Waals surface area contributed by atoms with Crippen LogP contribution < -0.4 is 5.32 Å². The van der Waals surface area contributed by atoms with Crippen molar-refractivity contribution in [1.82, 2.24) is 5.32 Å². The summed E-state index contributed by atoms with van der Waals surface area (Å²) in [6, 6.07) is -0.623. The highest BCUT2D eigenvalue weighted by molar-refractivity contribution is 5.76. The smallest absolute Gasteiger partial charge is 0.305 e. The van der Waals surface area contributed by atoms with Crippen molar-refractivity contribution < 1.29 is 24.5 Å². The molecule has 0 saturated carbocycles. The van der Waals surface area contributed by atoms with Gasteiger partial charge in [-0.15, -0.1) is 0 Å². The van der Waals surface area contributed by atoms with Crippen molar-refractivity contribution in [3.63, 3.8) is 0 Å². The van der Waals surface area contributed by atoms with E-state index in [0.717, 1.165) is 38.5 Å². The van der Waals surface area contributed by atoms with Gasteiger partial charge in [-0.05, 0) is 32.1 Å². The van der Waals surface area contributed by atoms with E-state index in [1.165, 1.54) is 366 Å². The summed E-state index contributed by atoms with van der Waals surface area (Å²) in [5.74, 6) is -0.0355. The third-order valence-electron chi connectivity index (χ3n) is 17.8. The lowest BCUT2D eigenvalue weighted by molar-refractivity contribution is -0.143. The maximum atomic E-state index is 12.5. The molecule has 0 fully saturated rings. The second kappa shape index (κ2) is 71.1. The zero-order valence-corrected chi connectivity index (χ0v) is 55.3. The Bertz CT molecular complexity index is 1220. The number of aliphatic hydroxyl groups excluding tert-OH is 2. The lowest BCUT2D eigenvalue weighted by atomic mass is 10.0. The van der Waals surface area contributed by atoms with Crippen LogP contribution in [0.3, 0.4) is 0 Å². The third kappa shape index (κ3) is 67.6. The molecule has 0 rings (SSSR count). The predicted molar refractivity (Wildman–Crippen MR) is 357 cm³/mol. The zero-order valence-electron chi connectivity index (χ0n) is 55.3. The fraction of sp³-hybridized carbons (Fsp3) is 0.947. The number of unbranched alkanes of at least 4 members (excludes halogenated alkanes) is 60. The molecule has 0 aliphatic heterocycles. The number of hydrogen-bond donors (Lipinski definition) is 3. The topological polar surface area (TPSA) is 95.9 Å². The van der Waals surface area contributed by atoms with Gasteiger partial charge in [-0.25, -0.2) is 0 Å². The van der Waals surface area contributed by atoms with Crippen LogP contribution in [0.25, 0.3) is 0 Å². The number of nitrogens with one attached hydrogen (secondary N) is 1. The summed E-state index contributed by atoms with van der Waals surface area (Å²) in [6.07, 6.45) is 89.0. The molecule has 0 aromatic carbocycles. The van der Waals surface area contributed by atoms with E-state index in [1.54, 1.807) is 6.08 Å². The van der Waals surface area contributed by atoms with Gasteiger partial charge in [-0.3, -0.25) is 9.59 Å². The standard InChI is InChI=1S/C75H147NO5/c1-3-5-7-9-11-13-15-16-17-18-38-41-44-48-51-55-59-63-67-73(78)72(71-77)76-74(79)68-64-60-56-52-49-45-42-39-36-34-32-30-28-26-24-22-20-19-21-23-25-27-29-31-33-35-37-40-43-46-50-54-58-62-66-70-81-75(80)69-65-61-57-53-47-14-12-10-8-6-4-2/h63,67,72-73,77-78H,3-62,64-66,68-71H2,1-2H3,(H,76,79)/b67-63+. The van der Waals surface area contributed by atoms with Crippen molar-refractivity contribution in [2.75, 3.05) is 13.2 Å². The van der Waals surface area contributed by atoms with E-state index in [-0.39, 0.29) is 18.5 Å². The number of ether oxygens (including phenoxy) is 1. The van der Waals surface area contributed by atoms with Crippen LogP contribution in [-0.4, -0.2) is 47.4 Å². The molecule has 0 heterocycles. The van der Waals surface area contributed by atoms with Crippen molar-refractivity contribution >= 4 is 11.9 Å². The Labute approximate surface area is 508 Å². The molecular weight excluding hydrogens is 995 g/mol. The number of hydrogen-bond acceptors (Lipinski definition) is 5. The highest BCUT2D eigenvalue weighted by atomic mass is 16.5. The molecule has 0 aliphatic rings. The molecule has 0 spiro atoms. The van der Waals surface area contributed by atoms with Gasteiger partial charge in [0.15, 0.2) is 0 Å². The van der Waals surface area contributed by atoms with Gasteiger partial charge in [0.2, 0.25) is 5.91 Å². The number of esters is 1. The summed E-state index contributed by atoms with van der Waals surface area (Å²) < 4.78 is 5.48. The van der Waals surface area contributed by atoms with Crippen LogP contribution in [0.15, 0.2) is 12.2 Å². The molecule has 0 aromatic rings. The van der Waals surface area contributed by atoms with Crippen molar-refractivity contribution in [2.24, 2.45) is 0 Å². The molecular formula is C75H147NO5. The molecule has 3 N–H and O–H groups in total. The minimum atomic E-state index is -0.840. The van der Waals surface area contributed by atoms with Crippen molar-refractivity contribution in [1.29, 1.82) is 0 Å². The SMILES string of the molecule is CCCCCCCCCCCCCCCCCC/C=C/C(O)C(CO)NC(=O)CCCCCCCCCCCCCCCCCCCCCCCCCCCCCCCCCCCCCOC(=O)CCCCCCCCCCCCC. The monoisotopic (exact) mass is 1140 g/mol. The Balaban J connectivity index is 3.32. The second-order valence-electron chi connectivity index (χ2n) is 26.0. The van der Waals surface area contributed by atoms with E-state index in [2.05, 4.69) is 19.2 Å². The molecule has 0 saturated heterocycles. The molecule has 2 unspecified atom stereocenters. The molecule has 6 heteroatoms. The van der Waals surface area contributed by atoms with Crippen LogP contribution in [0, 0.1) is 0 Å². The Kier molecular flexibility index (Phi) is 69.9. The quantitative estimate of drug-likeness (QED) is 0.0320. The van der Waals surface area contributed by atoms with Gasteiger partial charge < -0.3 is 20.3 Å². The minimum absolute atomic E-state index is 0.0229. The first-order chi connectivity index (χ1) is 40.0. The van der Waals surface area contributed by atoms with E-state index in [9.17, 15) is 19.8 Å². The molecule has 1 amide bonds. The first-order valence-electron chi connectivity index (χ1n) is 37.5. The fourth-order valence-corrected chi connectivity index (χ4v) is 12.1. The minimum Gasteiger partial charge on any atom is -0.466 e. The number of aliphatic hydroxyl groups is 2. The van der Waals surface area contributed by atoms with Crippen LogP contribution in [0.5, 0.6) is 0 Å². The van der Waals surface area contributed by atoms with E-state index < -0.39 is 12.1 Å². The molecule has 0 radical (unpaired) electrons. The molecule has 81 heavy (non-hydrogen) atoms. The molecule has 0 aromatic heterocycles. The summed E-state index contributed by atoms with van der Waals surface area (Å²) in [5, 5.41) is 23.2. The van der Waals surface area contributed by atoms with Crippen LogP contribution in [0.4, 0.5) is 0 Å². The van der Waals surface area contributed by atoms with Crippen molar-refractivity contribution in [2.45, 2.75) is 443 Å². The van der Waals surface area contributed by atoms with Crippen molar-refractivity contribution in [3.05, 3.63) is 12.2 Å². The average Bonchev–Trinajstić information content (AvgIpc) is 3.47. The molecule has 0 bridgehead atoms. The summed E-state index contributed by atoms with van der Waals surface area (Å²) >= 11 is 0. The number of amides is 1. The van der Waals surface area contributed by atoms with Gasteiger partial charge in [-0.1, -0.05) is 398 Å². The summed E-state index contributed by atoms with van der Waals surface area (Å²) in [5.41, 5.74) is 0. The molecule has 2 atom stereocenters. The number of carbonyl (C=O) groups excluding carboxylic acids is 2. The summed E-state index contributed by atoms with van der Waals surface area (Å²) in [6.45, 7) is 4.95. The van der Waals surface area contributed by atoms with Crippen LogP contribution in [-0.2, 0) is 14.3 Å². The van der Waals surface area contributed by atoms with Gasteiger partial charge in [0.1, 0.15) is 0 Å². The van der Waals surface area contributed by atoms with Crippen molar-refractivity contribution in [3.8, 4) is 0 Å². The van der Waals surface area contributed by atoms with E-state index >= 15 is 0 Å². The largest absolute Gasteiger partial charge is 0.466 e. The van der Waals surface area contributed by atoms with Gasteiger partial charge in [-0.2, -0.15) is 0 Å². The van der Waals surface area contributed by atoms with Gasteiger partial charge in [0.05, 0.1) is 25.4 Å². The van der Waals surface area contributed by atoms with E-state index in [4.69, 9.17) is 4.74 Å². The summed E-state index contributed by atoms with van der Waals surface area (Å²) in [4.78, 5) is 24.5. The van der Waals surface area contributed by atoms with Gasteiger partial charge in [0.25, 0.3) is 0 Å². The zero-order chi connectivity index (χ0) is 58.5. The van der Waals surface area contributed by atoms with Crippen LogP contribution in [0.1, 0.15) is 431 Å². The maximum absolute atomic E-state index is 12.5. The Morgan fingerprint density at radius 3 is 0.840 bits per heavy atom. The average molecular weight is 1140 g/mol. The molecule has 0 aliphatic carbocycles.